The first-order valence-corrected chi connectivity index (χ1v) is 5.80. The third-order valence-electron chi connectivity index (χ3n) is 1.40. The molecule has 0 unspecified atom stereocenters. The van der Waals surface area contributed by atoms with Crippen molar-refractivity contribution in [2.45, 2.75) is 11.1 Å². The smallest absolute Gasteiger partial charge is 0.263 e. The largest absolute Gasteiger partial charge is 0.416 e. The van der Waals surface area contributed by atoms with E-state index in [1.807, 2.05) is 0 Å². The number of hydrogen-bond donors (Lipinski definition) is 1. The van der Waals surface area contributed by atoms with Gasteiger partial charge in [-0.15, -0.1) is 0 Å². The lowest BCUT2D eigenvalue weighted by Crippen LogP contribution is -2.04. The molecule has 0 saturated carbocycles. The zero-order chi connectivity index (χ0) is 12.4. The molecule has 0 amide bonds. The Labute approximate surface area is 93.6 Å². The molecule has 16 heavy (non-hydrogen) atoms. The molecule has 0 aromatic heterocycles. The zero-order valence-electron chi connectivity index (χ0n) is 7.43. The van der Waals surface area contributed by atoms with Gasteiger partial charge in [-0.2, -0.15) is 25.2 Å². The Hall–Kier alpha value is -0.770. The maximum Gasteiger partial charge on any atom is 0.416 e. The highest BCUT2D eigenvalue weighted by molar-refractivity contribution is 8.02. The monoisotopic (exact) mass is 274 g/mol. The fourth-order valence-corrected chi connectivity index (χ4v) is 1.69. The molecule has 0 fully saturated rings. The van der Waals surface area contributed by atoms with Crippen LogP contribution in [-0.4, -0.2) is 13.0 Å². The van der Waals surface area contributed by atoms with Gasteiger partial charge in [-0.05, 0) is 24.3 Å². The van der Waals surface area contributed by atoms with Crippen molar-refractivity contribution < 1.29 is 29.8 Å². The Morgan fingerprint density at radius 2 is 1.69 bits per heavy atom. The summed E-state index contributed by atoms with van der Waals surface area (Å²) in [5.41, 5.74) is -0.858. The molecule has 4 nitrogen and oxygen atoms in total. The van der Waals surface area contributed by atoms with E-state index in [1.54, 1.807) is 0 Å². The van der Waals surface area contributed by atoms with Gasteiger partial charge in [0.2, 0.25) is 0 Å². The van der Waals surface area contributed by atoms with Crippen LogP contribution in [-0.2, 0) is 20.2 Å². The summed E-state index contributed by atoms with van der Waals surface area (Å²) in [6.45, 7) is 0. The van der Waals surface area contributed by atoms with E-state index in [1.165, 1.54) is 0 Å². The summed E-state index contributed by atoms with van der Waals surface area (Å²) in [5.74, 6) is 0. The van der Waals surface area contributed by atoms with Crippen molar-refractivity contribution in [2.75, 3.05) is 0 Å². The highest BCUT2D eigenvalue weighted by atomic mass is 32.3. The van der Waals surface area contributed by atoms with Gasteiger partial charge in [0.1, 0.15) is 0 Å². The fourth-order valence-electron chi connectivity index (χ4n) is 0.782. The van der Waals surface area contributed by atoms with Crippen LogP contribution in [0.25, 0.3) is 0 Å². The van der Waals surface area contributed by atoms with Gasteiger partial charge >= 0.3 is 16.6 Å². The van der Waals surface area contributed by atoms with Crippen LogP contribution in [0.5, 0.6) is 0 Å². The van der Waals surface area contributed by atoms with Gasteiger partial charge in [-0.25, -0.2) is 0 Å². The minimum Gasteiger partial charge on any atom is -0.263 e. The quantitative estimate of drug-likeness (QED) is 0.677. The van der Waals surface area contributed by atoms with Crippen molar-refractivity contribution in [2.24, 2.45) is 0 Å². The second-order valence-corrected chi connectivity index (χ2v) is 4.64. The van der Waals surface area contributed by atoms with Gasteiger partial charge in [0, 0.05) is 4.90 Å². The average Bonchev–Trinajstić information content (AvgIpc) is 2.13. The Bertz CT molecular complexity index is 452. The van der Waals surface area contributed by atoms with E-state index in [2.05, 4.69) is 3.63 Å². The second-order valence-electron chi connectivity index (χ2n) is 2.60. The molecule has 0 spiro atoms. The third-order valence-corrected chi connectivity index (χ3v) is 2.82. The van der Waals surface area contributed by atoms with E-state index in [4.69, 9.17) is 4.55 Å². The number of alkyl halides is 3. The minimum atomic E-state index is -4.62. The maximum absolute atomic E-state index is 12.1. The predicted molar refractivity (Wildman–Crippen MR) is 49.9 cm³/mol. The predicted octanol–water partition coefficient (Wildman–Crippen LogP) is 2.53. The van der Waals surface area contributed by atoms with E-state index in [-0.39, 0.29) is 16.9 Å². The molecule has 0 heterocycles. The molecule has 0 aliphatic rings. The summed E-state index contributed by atoms with van der Waals surface area (Å²) in [6.07, 6.45) is -4.45. The Balaban J connectivity index is 2.73. The molecule has 0 atom stereocenters. The van der Waals surface area contributed by atoms with Crippen LogP contribution >= 0.6 is 12.0 Å². The van der Waals surface area contributed by atoms with Gasteiger partial charge in [0.25, 0.3) is 0 Å². The number of rotatable bonds is 3. The third kappa shape index (κ3) is 4.39. The Morgan fingerprint density at radius 1 is 1.19 bits per heavy atom. The van der Waals surface area contributed by atoms with Crippen LogP contribution in [0.2, 0.25) is 0 Å². The van der Waals surface area contributed by atoms with E-state index in [9.17, 15) is 21.6 Å². The van der Waals surface area contributed by atoms with Crippen molar-refractivity contribution in [3.8, 4) is 0 Å². The van der Waals surface area contributed by atoms with Crippen LogP contribution in [0, 0.1) is 0 Å². The molecule has 0 aliphatic heterocycles. The maximum atomic E-state index is 12.1. The van der Waals surface area contributed by atoms with E-state index in [0.717, 1.165) is 24.3 Å². The van der Waals surface area contributed by atoms with Gasteiger partial charge < -0.3 is 0 Å². The van der Waals surface area contributed by atoms with E-state index >= 15 is 0 Å². The number of hydrogen-bond acceptors (Lipinski definition) is 4. The normalized spacial score (nSPS) is 12.8. The van der Waals surface area contributed by atoms with Crippen LogP contribution in [0.1, 0.15) is 5.56 Å². The number of halogens is 3. The first-order chi connectivity index (χ1) is 7.18. The molecule has 1 N–H and O–H groups in total. The molecule has 0 saturated heterocycles. The first kappa shape index (κ1) is 13.3. The van der Waals surface area contributed by atoms with Gasteiger partial charge in [-0.3, -0.25) is 4.55 Å². The van der Waals surface area contributed by atoms with Crippen molar-refractivity contribution >= 4 is 22.4 Å². The summed E-state index contributed by atoms with van der Waals surface area (Å²) in [4.78, 5) is 0.116. The highest BCUT2D eigenvalue weighted by Crippen LogP contribution is 2.31. The molecule has 90 valence electrons. The van der Waals surface area contributed by atoms with E-state index < -0.39 is 22.1 Å². The SMILES string of the molecule is O=S(=O)(O)OSc1ccc(C(F)(F)F)cc1. The standard InChI is InChI=1S/C7H5F3O4S2/c8-7(9,10)5-1-3-6(4-2-5)15-14-16(11,12)13/h1-4H,(H,11,12,13). The molecule has 1 aromatic carbocycles. The van der Waals surface area contributed by atoms with Crippen molar-refractivity contribution in [3.63, 3.8) is 0 Å². The summed E-state index contributed by atoms with van der Waals surface area (Å²) in [7, 11) is -4.62. The first-order valence-electron chi connectivity index (χ1n) is 3.69. The molecule has 9 heteroatoms. The molecule has 0 radical (unpaired) electrons. The molecule has 0 aliphatic carbocycles. The molecule has 1 aromatic rings. The lowest BCUT2D eigenvalue weighted by atomic mass is 10.2. The van der Waals surface area contributed by atoms with Crippen LogP contribution in [0.15, 0.2) is 29.2 Å². The topological polar surface area (TPSA) is 63.6 Å². The van der Waals surface area contributed by atoms with Gasteiger partial charge in [-0.1, -0.05) is 0 Å². The second kappa shape index (κ2) is 4.62. The van der Waals surface area contributed by atoms with Crippen molar-refractivity contribution in [3.05, 3.63) is 29.8 Å². The summed E-state index contributed by atoms with van der Waals surface area (Å²) >= 11 is 0.241. The Kier molecular flexibility index (Phi) is 3.84. The summed E-state index contributed by atoms with van der Waals surface area (Å²) in [6, 6.07) is 3.60. The summed E-state index contributed by atoms with van der Waals surface area (Å²) in [5, 5.41) is 0. The van der Waals surface area contributed by atoms with Crippen molar-refractivity contribution in [1.82, 2.24) is 0 Å². The molecule has 1 rings (SSSR count). The minimum absolute atomic E-state index is 0.116. The molecular formula is C7H5F3O4S2. The highest BCUT2D eigenvalue weighted by Gasteiger charge is 2.29. The van der Waals surface area contributed by atoms with Crippen molar-refractivity contribution in [1.29, 1.82) is 0 Å². The fraction of sp³-hybridized carbons (Fsp3) is 0.143. The lowest BCUT2D eigenvalue weighted by Gasteiger charge is -2.06. The van der Waals surface area contributed by atoms with Gasteiger partial charge in [0.05, 0.1) is 17.6 Å². The zero-order valence-corrected chi connectivity index (χ0v) is 9.06. The Morgan fingerprint density at radius 3 is 2.06 bits per heavy atom. The molecule has 0 bridgehead atoms. The summed E-state index contributed by atoms with van der Waals surface area (Å²) < 4.78 is 68.8. The number of benzene rings is 1. The van der Waals surface area contributed by atoms with E-state index in [0.29, 0.717) is 0 Å². The van der Waals surface area contributed by atoms with Gasteiger partial charge in [0.15, 0.2) is 0 Å². The lowest BCUT2D eigenvalue weighted by molar-refractivity contribution is -0.137. The van der Waals surface area contributed by atoms with Crippen LogP contribution in [0.3, 0.4) is 0 Å². The van der Waals surface area contributed by atoms with Crippen LogP contribution < -0.4 is 0 Å². The molecular weight excluding hydrogens is 269 g/mol. The van der Waals surface area contributed by atoms with Crippen LogP contribution in [0.4, 0.5) is 13.2 Å². The average molecular weight is 274 g/mol.